The van der Waals surface area contributed by atoms with Gasteiger partial charge in [0.05, 0.1) is 0 Å². The maximum absolute atomic E-state index is 12.7. The zero-order chi connectivity index (χ0) is 43.7. The number of esters is 3. The van der Waals surface area contributed by atoms with E-state index in [0.717, 1.165) is 96.3 Å². The summed E-state index contributed by atoms with van der Waals surface area (Å²) in [4.78, 5) is 37.8. The van der Waals surface area contributed by atoms with E-state index >= 15 is 0 Å². The molecule has 0 N–H and O–H groups in total. The number of carbonyl (C=O) groups is 3. The number of rotatable bonds is 42. The van der Waals surface area contributed by atoms with E-state index in [9.17, 15) is 14.4 Å². The topological polar surface area (TPSA) is 78.9 Å². The van der Waals surface area contributed by atoms with Crippen LogP contribution in [-0.2, 0) is 28.6 Å². The molecule has 0 saturated carbocycles. The Bertz CT molecular complexity index is 1230. The maximum atomic E-state index is 12.7. The van der Waals surface area contributed by atoms with Crippen molar-refractivity contribution < 1.29 is 28.6 Å². The van der Waals surface area contributed by atoms with E-state index in [-0.39, 0.29) is 37.5 Å². The second kappa shape index (κ2) is 48.0. The highest BCUT2D eigenvalue weighted by Crippen LogP contribution is 2.13. The van der Waals surface area contributed by atoms with Crippen molar-refractivity contribution in [1.29, 1.82) is 0 Å². The number of unbranched alkanes of at least 4 members (excludes halogenated alkanes) is 19. The molecule has 0 heterocycles. The number of carbonyl (C=O) groups excluding carboxylic acids is 3. The highest BCUT2D eigenvalue weighted by atomic mass is 16.6. The molecule has 1 unspecified atom stereocenters. The lowest BCUT2D eigenvalue weighted by molar-refractivity contribution is -0.167. The van der Waals surface area contributed by atoms with Crippen molar-refractivity contribution in [3.8, 4) is 0 Å². The predicted octanol–water partition coefficient (Wildman–Crippen LogP) is 15.8. The molecule has 0 bridgehead atoms. The summed E-state index contributed by atoms with van der Waals surface area (Å²) in [6.45, 7) is 6.35. The van der Waals surface area contributed by atoms with Crippen LogP contribution in [0.1, 0.15) is 207 Å². The van der Waals surface area contributed by atoms with Gasteiger partial charge in [0.2, 0.25) is 0 Å². The Labute approximate surface area is 368 Å². The molecule has 0 aliphatic heterocycles. The Balaban J connectivity index is 4.47. The molecule has 0 aliphatic carbocycles. The van der Waals surface area contributed by atoms with Gasteiger partial charge in [-0.3, -0.25) is 14.4 Å². The number of ether oxygens (including phenoxy) is 3. The lowest BCUT2D eigenvalue weighted by Crippen LogP contribution is -2.30. The van der Waals surface area contributed by atoms with Crippen molar-refractivity contribution >= 4 is 17.9 Å². The third-order valence-corrected chi connectivity index (χ3v) is 9.92. The van der Waals surface area contributed by atoms with Crippen molar-refractivity contribution in [1.82, 2.24) is 0 Å². The second-order valence-corrected chi connectivity index (χ2v) is 15.8. The van der Waals surface area contributed by atoms with Gasteiger partial charge in [-0.05, 0) is 89.9 Å². The SMILES string of the molecule is CC\C=C/C=C\C=C/C=C\C=C/CCCCCC(=O)OC(COC(=O)CCCCCC/C=C\CCCC)COC(=O)CCCCCCCCC/C=C\C/C=C\CCCCC. The van der Waals surface area contributed by atoms with Crippen LogP contribution in [0.2, 0.25) is 0 Å². The third kappa shape index (κ3) is 45.4. The van der Waals surface area contributed by atoms with E-state index in [4.69, 9.17) is 14.2 Å². The van der Waals surface area contributed by atoms with Crippen molar-refractivity contribution in [2.45, 2.75) is 213 Å². The normalized spacial score (nSPS) is 12.9. The van der Waals surface area contributed by atoms with E-state index in [1.165, 1.54) is 64.2 Å². The summed E-state index contributed by atoms with van der Waals surface area (Å²) in [7, 11) is 0. The van der Waals surface area contributed by atoms with Crippen molar-refractivity contribution in [2.75, 3.05) is 13.2 Å². The summed E-state index contributed by atoms with van der Waals surface area (Å²) in [5, 5.41) is 0. The Morgan fingerprint density at radius 2 is 0.733 bits per heavy atom. The van der Waals surface area contributed by atoms with Gasteiger partial charge in [0, 0.05) is 19.3 Å². The van der Waals surface area contributed by atoms with Crippen LogP contribution >= 0.6 is 0 Å². The number of hydrogen-bond acceptors (Lipinski definition) is 6. The molecule has 60 heavy (non-hydrogen) atoms. The van der Waals surface area contributed by atoms with Crippen molar-refractivity contribution in [2.24, 2.45) is 0 Å². The van der Waals surface area contributed by atoms with Crippen LogP contribution in [-0.4, -0.2) is 37.2 Å². The minimum Gasteiger partial charge on any atom is -0.462 e. The van der Waals surface area contributed by atoms with Gasteiger partial charge < -0.3 is 14.2 Å². The molecule has 340 valence electrons. The molecule has 0 aromatic heterocycles. The maximum Gasteiger partial charge on any atom is 0.306 e. The molecular weight excluding hydrogens is 745 g/mol. The average Bonchev–Trinajstić information content (AvgIpc) is 3.24. The molecule has 0 aromatic carbocycles. The van der Waals surface area contributed by atoms with Gasteiger partial charge in [-0.25, -0.2) is 0 Å². The van der Waals surface area contributed by atoms with Crippen LogP contribution in [0.5, 0.6) is 0 Å². The van der Waals surface area contributed by atoms with Crippen LogP contribution in [0.15, 0.2) is 97.2 Å². The van der Waals surface area contributed by atoms with Gasteiger partial charge in [-0.2, -0.15) is 0 Å². The van der Waals surface area contributed by atoms with E-state index < -0.39 is 6.10 Å². The molecule has 0 rings (SSSR count). The second-order valence-electron chi connectivity index (χ2n) is 15.8. The minimum absolute atomic E-state index is 0.104. The molecule has 0 saturated heterocycles. The minimum atomic E-state index is -0.807. The van der Waals surface area contributed by atoms with Crippen LogP contribution in [0, 0.1) is 0 Å². The summed E-state index contributed by atoms with van der Waals surface area (Å²) < 4.78 is 16.7. The van der Waals surface area contributed by atoms with Crippen molar-refractivity contribution in [3.63, 3.8) is 0 Å². The molecule has 0 aromatic rings. The largest absolute Gasteiger partial charge is 0.462 e. The van der Waals surface area contributed by atoms with Crippen LogP contribution < -0.4 is 0 Å². The molecule has 0 radical (unpaired) electrons. The van der Waals surface area contributed by atoms with E-state index in [1.54, 1.807) is 0 Å². The quantitative estimate of drug-likeness (QED) is 0.0200. The van der Waals surface area contributed by atoms with Crippen LogP contribution in [0.25, 0.3) is 0 Å². The highest BCUT2D eigenvalue weighted by molar-refractivity contribution is 5.71. The van der Waals surface area contributed by atoms with E-state index in [2.05, 4.69) is 69.4 Å². The van der Waals surface area contributed by atoms with Crippen molar-refractivity contribution in [3.05, 3.63) is 97.2 Å². The monoisotopic (exact) mass is 833 g/mol. The van der Waals surface area contributed by atoms with Gasteiger partial charge in [0.25, 0.3) is 0 Å². The highest BCUT2D eigenvalue weighted by Gasteiger charge is 2.19. The summed E-state index contributed by atoms with van der Waals surface area (Å²) in [5.74, 6) is -0.975. The van der Waals surface area contributed by atoms with Gasteiger partial charge in [0.1, 0.15) is 13.2 Å². The van der Waals surface area contributed by atoms with Gasteiger partial charge in [-0.1, -0.05) is 195 Å². The fourth-order valence-corrected chi connectivity index (χ4v) is 6.24. The third-order valence-electron chi connectivity index (χ3n) is 9.92. The standard InChI is InChI=1S/C54H88O6/c1-4-7-10-13-16-19-22-24-26-27-29-30-32-35-38-41-44-47-53(56)59-50-51(49-58-52(55)46-43-40-37-34-21-18-15-12-9-6-3)60-54(57)48-45-42-39-36-33-31-28-25-23-20-17-14-11-8-5-2/h8,11,14-20,23-26,28,31,33,51H,4-7,9-10,12-13,21-22,27,29-30,32,34-50H2,1-3H3/b11-8-,17-14-,18-15-,19-16-,23-20-,26-24-,28-25-,33-31-. The lowest BCUT2D eigenvalue weighted by Gasteiger charge is -2.18. The lowest BCUT2D eigenvalue weighted by atomic mass is 10.1. The molecule has 0 amide bonds. The summed E-state index contributed by atoms with van der Waals surface area (Å²) in [5.41, 5.74) is 0. The fraction of sp³-hybridized carbons (Fsp3) is 0.648. The van der Waals surface area contributed by atoms with Gasteiger partial charge in [0.15, 0.2) is 6.10 Å². The first kappa shape index (κ1) is 56.3. The van der Waals surface area contributed by atoms with E-state index in [0.29, 0.717) is 19.3 Å². The first-order valence-electron chi connectivity index (χ1n) is 24.3. The Morgan fingerprint density at radius 3 is 1.23 bits per heavy atom. The molecule has 0 fully saturated rings. The Hall–Kier alpha value is -3.67. The van der Waals surface area contributed by atoms with Gasteiger partial charge in [-0.15, -0.1) is 0 Å². The molecular formula is C54H88O6. The molecule has 6 nitrogen and oxygen atoms in total. The van der Waals surface area contributed by atoms with Gasteiger partial charge >= 0.3 is 17.9 Å². The molecule has 0 aliphatic rings. The number of allylic oxidation sites excluding steroid dienone is 16. The fourth-order valence-electron chi connectivity index (χ4n) is 6.24. The first-order chi connectivity index (χ1) is 29.5. The van der Waals surface area contributed by atoms with Crippen LogP contribution in [0.4, 0.5) is 0 Å². The molecule has 1 atom stereocenters. The van der Waals surface area contributed by atoms with E-state index in [1.807, 2.05) is 48.6 Å². The van der Waals surface area contributed by atoms with Crippen LogP contribution in [0.3, 0.4) is 0 Å². The Kier molecular flexibility index (Phi) is 45.1. The summed E-state index contributed by atoms with van der Waals surface area (Å²) >= 11 is 0. The predicted molar refractivity (Wildman–Crippen MR) is 256 cm³/mol. The Morgan fingerprint density at radius 1 is 0.367 bits per heavy atom. The zero-order valence-electron chi connectivity index (χ0n) is 38.7. The molecule has 6 heteroatoms. The number of hydrogen-bond donors (Lipinski definition) is 0. The molecule has 0 spiro atoms. The summed E-state index contributed by atoms with van der Waals surface area (Å²) in [6, 6.07) is 0. The zero-order valence-corrected chi connectivity index (χ0v) is 38.7. The first-order valence-corrected chi connectivity index (χ1v) is 24.3. The summed E-state index contributed by atoms with van der Waals surface area (Å²) in [6.07, 6.45) is 62.4. The average molecular weight is 833 g/mol. The smallest absolute Gasteiger partial charge is 0.306 e.